The maximum absolute atomic E-state index is 8.83. The van der Waals surface area contributed by atoms with Crippen molar-refractivity contribution < 1.29 is 9.52 Å². The SMILES string of the molecule is CCC(CCO)CNCc1ccc(Br)o1. The van der Waals surface area contributed by atoms with E-state index in [9.17, 15) is 0 Å². The van der Waals surface area contributed by atoms with Gasteiger partial charge in [-0.2, -0.15) is 0 Å². The zero-order chi connectivity index (χ0) is 11.1. The van der Waals surface area contributed by atoms with Gasteiger partial charge in [0.05, 0.1) is 6.54 Å². The molecule has 3 nitrogen and oxygen atoms in total. The highest BCUT2D eigenvalue weighted by Crippen LogP contribution is 2.14. The lowest BCUT2D eigenvalue weighted by Crippen LogP contribution is -2.22. The lowest BCUT2D eigenvalue weighted by Gasteiger charge is -2.13. The summed E-state index contributed by atoms with van der Waals surface area (Å²) in [5.41, 5.74) is 0. The number of aliphatic hydroxyl groups excluding tert-OH is 1. The molecule has 1 heterocycles. The van der Waals surface area contributed by atoms with Crippen LogP contribution in [0.4, 0.5) is 0 Å². The number of aliphatic hydroxyl groups is 1. The first kappa shape index (κ1) is 12.7. The fourth-order valence-electron chi connectivity index (χ4n) is 1.48. The van der Waals surface area contributed by atoms with Gasteiger partial charge in [-0.3, -0.25) is 0 Å². The van der Waals surface area contributed by atoms with Gasteiger partial charge in [0.2, 0.25) is 0 Å². The van der Waals surface area contributed by atoms with Gasteiger partial charge in [-0.25, -0.2) is 0 Å². The summed E-state index contributed by atoms with van der Waals surface area (Å²) >= 11 is 3.26. The van der Waals surface area contributed by atoms with Crippen LogP contribution in [0.2, 0.25) is 0 Å². The van der Waals surface area contributed by atoms with E-state index in [0.717, 1.165) is 36.4 Å². The van der Waals surface area contributed by atoms with Gasteiger partial charge in [-0.15, -0.1) is 0 Å². The lowest BCUT2D eigenvalue weighted by atomic mass is 10.0. The van der Waals surface area contributed by atoms with Crippen molar-refractivity contribution in [3.63, 3.8) is 0 Å². The molecule has 15 heavy (non-hydrogen) atoms. The molecule has 4 heteroatoms. The Balaban J connectivity index is 2.20. The van der Waals surface area contributed by atoms with Gasteiger partial charge in [-0.1, -0.05) is 13.3 Å². The third kappa shape index (κ3) is 4.82. The molecule has 0 aliphatic carbocycles. The zero-order valence-electron chi connectivity index (χ0n) is 9.00. The van der Waals surface area contributed by atoms with Gasteiger partial charge < -0.3 is 14.8 Å². The fraction of sp³-hybridized carbons (Fsp3) is 0.636. The Morgan fingerprint density at radius 1 is 1.53 bits per heavy atom. The van der Waals surface area contributed by atoms with Crippen molar-refractivity contribution in [3.05, 3.63) is 22.6 Å². The quantitative estimate of drug-likeness (QED) is 0.804. The van der Waals surface area contributed by atoms with Crippen LogP contribution in [0.15, 0.2) is 21.2 Å². The first-order chi connectivity index (χ1) is 7.26. The van der Waals surface area contributed by atoms with Crippen molar-refractivity contribution in [2.45, 2.75) is 26.3 Å². The monoisotopic (exact) mass is 275 g/mol. The van der Waals surface area contributed by atoms with E-state index in [4.69, 9.17) is 9.52 Å². The Labute approximate surface area is 99.0 Å². The molecule has 0 aliphatic heterocycles. The topological polar surface area (TPSA) is 45.4 Å². The molecular weight excluding hydrogens is 258 g/mol. The second-order valence-electron chi connectivity index (χ2n) is 3.62. The third-order valence-corrected chi connectivity index (χ3v) is 2.90. The van der Waals surface area contributed by atoms with Crippen LogP contribution in [0.5, 0.6) is 0 Å². The Kier molecular flexibility index (Phi) is 5.98. The lowest BCUT2D eigenvalue weighted by molar-refractivity contribution is 0.250. The summed E-state index contributed by atoms with van der Waals surface area (Å²) in [6, 6.07) is 3.84. The highest BCUT2D eigenvalue weighted by atomic mass is 79.9. The molecule has 0 bridgehead atoms. The molecule has 1 aromatic rings. The largest absolute Gasteiger partial charge is 0.453 e. The van der Waals surface area contributed by atoms with Crippen molar-refractivity contribution in [2.75, 3.05) is 13.2 Å². The summed E-state index contributed by atoms with van der Waals surface area (Å²) in [6.45, 7) is 4.08. The predicted octanol–water partition coefficient (Wildman–Crippen LogP) is 2.54. The minimum Gasteiger partial charge on any atom is -0.453 e. The van der Waals surface area contributed by atoms with Gasteiger partial charge in [0, 0.05) is 6.61 Å². The Morgan fingerprint density at radius 2 is 2.33 bits per heavy atom. The van der Waals surface area contributed by atoms with Gasteiger partial charge >= 0.3 is 0 Å². The molecule has 0 fully saturated rings. The van der Waals surface area contributed by atoms with E-state index >= 15 is 0 Å². The second-order valence-corrected chi connectivity index (χ2v) is 4.40. The number of rotatable bonds is 7. The number of furan rings is 1. The van der Waals surface area contributed by atoms with E-state index in [-0.39, 0.29) is 6.61 Å². The van der Waals surface area contributed by atoms with Crippen molar-refractivity contribution in [1.29, 1.82) is 0 Å². The first-order valence-electron chi connectivity index (χ1n) is 5.32. The highest BCUT2D eigenvalue weighted by molar-refractivity contribution is 9.10. The molecule has 0 radical (unpaired) electrons. The van der Waals surface area contributed by atoms with Crippen LogP contribution in [0.3, 0.4) is 0 Å². The molecule has 0 saturated carbocycles. The van der Waals surface area contributed by atoms with E-state index in [1.165, 1.54) is 0 Å². The maximum Gasteiger partial charge on any atom is 0.169 e. The molecule has 1 unspecified atom stereocenters. The van der Waals surface area contributed by atoms with Gasteiger partial charge in [0.1, 0.15) is 5.76 Å². The van der Waals surface area contributed by atoms with E-state index in [0.29, 0.717) is 5.92 Å². The molecule has 86 valence electrons. The molecule has 0 aromatic carbocycles. The number of hydrogen-bond acceptors (Lipinski definition) is 3. The van der Waals surface area contributed by atoms with Crippen molar-refractivity contribution >= 4 is 15.9 Å². The molecule has 0 saturated heterocycles. The van der Waals surface area contributed by atoms with E-state index in [1.807, 2.05) is 12.1 Å². The van der Waals surface area contributed by atoms with Crippen molar-refractivity contribution in [3.8, 4) is 0 Å². The van der Waals surface area contributed by atoms with Crippen LogP contribution in [-0.2, 0) is 6.54 Å². The molecule has 0 spiro atoms. The van der Waals surface area contributed by atoms with E-state index in [2.05, 4.69) is 28.2 Å². The van der Waals surface area contributed by atoms with Crippen molar-refractivity contribution in [1.82, 2.24) is 5.32 Å². The molecule has 1 aromatic heterocycles. The minimum atomic E-state index is 0.270. The van der Waals surface area contributed by atoms with Crippen LogP contribution < -0.4 is 5.32 Å². The summed E-state index contributed by atoms with van der Waals surface area (Å²) < 4.78 is 6.13. The van der Waals surface area contributed by atoms with Gasteiger partial charge in [-0.05, 0) is 46.9 Å². The number of nitrogens with one attached hydrogen (secondary N) is 1. The highest BCUT2D eigenvalue weighted by Gasteiger charge is 2.05. The summed E-state index contributed by atoms with van der Waals surface area (Å²) in [5.74, 6) is 1.48. The molecule has 0 amide bonds. The number of halogens is 1. The standard InChI is InChI=1S/C11H18BrNO2/c1-2-9(5-6-14)7-13-8-10-3-4-11(12)15-10/h3-4,9,13-14H,2,5-8H2,1H3. The Morgan fingerprint density at radius 3 is 2.87 bits per heavy atom. The average molecular weight is 276 g/mol. The number of hydrogen-bond donors (Lipinski definition) is 2. The van der Waals surface area contributed by atoms with Crippen LogP contribution in [0.25, 0.3) is 0 Å². The van der Waals surface area contributed by atoms with Gasteiger partial charge in [0.15, 0.2) is 4.67 Å². The summed E-state index contributed by atoms with van der Waals surface area (Å²) in [6.07, 6.45) is 1.96. The average Bonchev–Trinajstić information content (AvgIpc) is 2.63. The van der Waals surface area contributed by atoms with E-state index in [1.54, 1.807) is 0 Å². The Hall–Kier alpha value is -0.320. The summed E-state index contributed by atoms with van der Waals surface area (Å²) in [7, 11) is 0. The van der Waals surface area contributed by atoms with Crippen LogP contribution >= 0.6 is 15.9 Å². The van der Waals surface area contributed by atoms with Crippen molar-refractivity contribution in [2.24, 2.45) is 5.92 Å². The molecular formula is C11H18BrNO2. The maximum atomic E-state index is 8.83. The van der Waals surface area contributed by atoms with Crippen LogP contribution in [-0.4, -0.2) is 18.3 Å². The summed E-state index contributed by atoms with van der Waals surface area (Å²) in [4.78, 5) is 0. The zero-order valence-corrected chi connectivity index (χ0v) is 10.6. The molecule has 0 aliphatic rings. The predicted molar refractivity (Wildman–Crippen MR) is 63.6 cm³/mol. The Bertz CT molecular complexity index is 275. The summed E-state index contributed by atoms with van der Waals surface area (Å²) in [5, 5.41) is 12.2. The normalized spacial score (nSPS) is 13.0. The van der Waals surface area contributed by atoms with E-state index < -0.39 is 0 Å². The smallest absolute Gasteiger partial charge is 0.169 e. The van der Waals surface area contributed by atoms with Gasteiger partial charge in [0.25, 0.3) is 0 Å². The second kappa shape index (κ2) is 7.04. The first-order valence-corrected chi connectivity index (χ1v) is 6.11. The molecule has 2 N–H and O–H groups in total. The van der Waals surface area contributed by atoms with Crippen LogP contribution in [0.1, 0.15) is 25.5 Å². The third-order valence-electron chi connectivity index (χ3n) is 2.48. The van der Waals surface area contributed by atoms with Crippen LogP contribution in [0, 0.1) is 5.92 Å². The minimum absolute atomic E-state index is 0.270. The fourth-order valence-corrected chi connectivity index (χ4v) is 1.82. The molecule has 1 rings (SSSR count). The molecule has 1 atom stereocenters.